The number of ether oxygens (including phenoxy) is 3. The lowest BCUT2D eigenvalue weighted by Gasteiger charge is -2.17. The number of carbonyl (C=O) groups is 1. The third-order valence-electron chi connectivity index (χ3n) is 3.44. The fourth-order valence-corrected chi connectivity index (χ4v) is 2.74. The maximum Gasteiger partial charge on any atom is 0.311 e. The number of fused-ring (bicyclic) bond motifs is 1. The quantitative estimate of drug-likeness (QED) is 0.325. The fraction of sp³-hybridized carbons (Fsp3) is 0.353. The number of hydrogen-bond donors (Lipinski definition) is 1. The molecule has 0 atom stereocenters. The van der Waals surface area contributed by atoms with Gasteiger partial charge in [0, 0.05) is 21.6 Å². The Morgan fingerprint density at radius 2 is 1.83 bits per heavy atom. The van der Waals surface area contributed by atoms with Gasteiger partial charge in [-0.3, -0.25) is 4.79 Å². The minimum absolute atomic E-state index is 0.0357. The van der Waals surface area contributed by atoms with E-state index >= 15 is 0 Å². The van der Waals surface area contributed by atoms with Gasteiger partial charge in [0.2, 0.25) is 11.5 Å². The highest BCUT2D eigenvalue weighted by Gasteiger charge is 2.24. The van der Waals surface area contributed by atoms with E-state index in [0.29, 0.717) is 17.2 Å². The van der Waals surface area contributed by atoms with Crippen LogP contribution in [0, 0.1) is 6.92 Å². The van der Waals surface area contributed by atoms with Crippen LogP contribution < -0.4 is 14.2 Å². The van der Waals surface area contributed by atoms with Crippen LogP contribution in [-0.2, 0) is 4.79 Å². The van der Waals surface area contributed by atoms with Crippen molar-refractivity contribution in [3.63, 3.8) is 0 Å². The van der Waals surface area contributed by atoms with Crippen LogP contribution in [0.3, 0.4) is 0 Å². The molecule has 0 aliphatic heterocycles. The maximum absolute atomic E-state index is 12.1. The molecule has 1 N–H and O–H groups in total. The van der Waals surface area contributed by atoms with E-state index in [1.54, 1.807) is 6.07 Å². The molecule has 0 spiro atoms. The summed E-state index contributed by atoms with van der Waals surface area (Å²) in [5, 5.41) is 11.6. The number of phenols is 1. The summed E-state index contributed by atoms with van der Waals surface area (Å²) >= 11 is 2.21. The molecule has 0 aromatic heterocycles. The first-order valence-electron chi connectivity index (χ1n) is 7.17. The van der Waals surface area contributed by atoms with E-state index in [4.69, 9.17) is 14.2 Å². The Kier molecular flexibility index (Phi) is 5.92. The van der Waals surface area contributed by atoms with Gasteiger partial charge in [-0.25, -0.2) is 0 Å². The first kappa shape index (κ1) is 17.7. The normalized spacial score (nSPS) is 10.6. The number of alkyl halides is 1. The van der Waals surface area contributed by atoms with Crippen molar-refractivity contribution in [1.29, 1.82) is 0 Å². The highest BCUT2D eigenvalue weighted by atomic mass is 127. The summed E-state index contributed by atoms with van der Waals surface area (Å²) < 4.78 is 17.0. The lowest BCUT2D eigenvalue weighted by Crippen LogP contribution is -2.09. The van der Waals surface area contributed by atoms with Crippen molar-refractivity contribution in [2.24, 2.45) is 0 Å². The summed E-state index contributed by atoms with van der Waals surface area (Å²) in [6.07, 6.45) is 1.07. The van der Waals surface area contributed by atoms with E-state index in [2.05, 4.69) is 22.6 Å². The van der Waals surface area contributed by atoms with Crippen molar-refractivity contribution in [3.05, 3.63) is 23.8 Å². The van der Waals surface area contributed by atoms with Gasteiger partial charge in [-0.1, -0.05) is 40.3 Å². The molecule has 2 aromatic carbocycles. The molecule has 0 bridgehead atoms. The highest BCUT2D eigenvalue weighted by Crippen LogP contribution is 2.50. The molecule has 0 fully saturated rings. The SMILES string of the molecule is COc1c(OC)c(OC(=O)CCCI)c2cc(C)ccc2c1O. The van der Waals surface area contributed by atoms with Crippen LogP contribution >= 0.6 is 22.6 Å². The second-order valence-corrected chi connectivity index (χ2v) is 6.14. The summed E-state index contributed by atoms with van der Waals surface area (Å²) in [6.45, 7) is 1.93. The second-order valence-electron chi connectivity index (χ2n) is 5.06. The van der Waals surface area contributed by atoms with Crippen molar-refractivity contribution in [3.8, 4) is 23.0 Å². The number of benzene rings is 2. The number of halogens is 1. The molecule has 0 aliphatic rings. The molecular formula is C17H19IO5. The van der Waals surface area contributed by atoms with E-state index in [1.807, 2.05) is 19.1 Å². The summed E-state index contributed by atoms with van der Waals surface area (Å²) in [6, 6.07) is 5.48. The molecule has 0 unspecified atom stereocenters. The number of hydrogen-bond acceptors (Lipinski definition) is 5. The van der Waals surface area contributed by atoms with Gasteiger partial charge in [0.05, 0.1) is 14.2 Å². The van der Waals surface area contributed by atoms with Crippen LogP contribution in [0.2, 0.25) is 0 Å². The smallest absolute Gasteiger partial charge is 0.311 e. The number of rotatable bonds is 6. The van der Waals surface area contributed by atoms with E-state index in [9.17, 15) is 9.90 Å². The lowest BCUT2D eigenvalue weighted by atomic mass is 10.0. The van der Waals surface area contributed by atoms with Crippen LogP contribution in [0.5, 0.6) is 23.0 Å². The monoisotopic (exact) mass is 430 g/mol. The van der Waals surface area contributed by atoms with Gasteiger partial charge in [0.1, 0.15) is 0 Å². The summed E-state index contributed by atoms with van der Waals surface area (Å²) in [5.74, 6) is 0.271. The Labute approximate surface area is 148 Å². The molecule has 0 aliphatic carbocycles. The Bertz CT molecular complexity index is 727. The third-order valence-corrected chi connectivity index (χ3v) is 4.20. The predicted molar refractivity (Wildman–Crippen MR) is 97.2 cm³/mol. The standard InChI is InChI=1S/C17H19IO5/c1-10-6-7-11-12(9-10)15(23-13(19)5-4-8-18)17(22-3)16(21-2)14(11)20/h6-7,9,20H,4-5,8H2,1-3H3. The molecule has 0 amide bonds. The summed E-state index contributed by atoms with van der Waals surface area (Å²) in [4.78, 5) is 12.1. The average Bonchev–Trinajstić information content (AvgIpc) is 2.54. The number of carbonyl (C=O) groups excluding carboxylic acids is 1. The zero-order valence-corrected chi connectivity index (χ0v) is 15.5. The van der Waals surface area contributed by atoms with Gasteiger partial charge in [-0.05, 0) is 19.4 Å². The van der Waals surface area contributed by atoms with Gasteiger partial charge in [-0.15, -0.1) is 0 Å². The molecule has 0 heterocycles. The molecule has 0 saturated heterocycles. The summed E-state index contributed by atoms with van der Waals surface area (Å²) in [7, 11) is 2.88. The minimum Gasteiger partial charge on any atom is -0.504 e. The van der Waals surface area contributed by atoms with E-state index in [-0.39, 0.29) is 29.0 Å². The van der Waals surface area contributed by atoms with E-state index in [1.165, 1.54) is 14.2 Å². The van der Waals surface area contributed by atoms with Gasteiger partial charge in [-0.2, -0.15) is 0 Å². The first-order chi connectivity index (χ1) is 11.0. The Morgan fingerprint density at radius 1 is 1.13 bits per heavy atom. The van der Waals surface area contributed by atoms with Crippen LogP contribution in [0.1, 0.15) is 18.4 Å². The van der Waals surface area contributed by atoms with Crippen molar-refractivity contribution in [2.75, 3.05) is 18.6 Å². The minimum atomic E-state index is -0.337. The summed E-state index contributed by atoms with van der Waals surface area (Å²) in [5.41, 5.74) is 0.980. The number of aryl methyl sites for hydroxylation is 1. The maximum atomic E-state index is 12.1. The molecule has 6 heteroatoms. The van der Waals surface area contributed by atoms with Crippen LogP contribution in [0.15, 0.2) is 18.2 Å². The molecule has 0 saturated carbocycles. The highest BCUT2D eigenvalue weighted by molar-refractivity contribution is 14.1. The Hall–Kier alpha value is -1.70. The van der Waals surface area contributed by atoms with Crippen LogP contribution in [0.4, 0.5) is 0 Å². The second kappa shape index (κ2) is 7.72. The van der Waals surface area contributed by atoms with Crippen LogP contribution in [0.25, 0.3) is 10.8 Å². The lowest BCUT2D eigenvalue weighted by molar-refractivity contribution is -0.134. The molecule has 23 heavy (non-hydrogen) atoms. The molecule has 124 valence electrons. The van der Waals surface area contributed by atoms with Gasteiger partial charge in [0.15, 0.2) is 11.5 Å². The van der Waals surface area contributed by atoms with Crippen molar-refractivity contribution >= 4 is 39.3 Å². The van der Waals surface area contributed by atoms with Gasteiger partial charge in [0.25, 0.3) is 0 Å². The number of esters is 1. The Morgan fingerprint density at radius 3 is 2.43 bits per heavy atom. The first-order valence-corrected chi connectivity index (χ1v) is 8.70. The number of aromatic hydroxyl groups is 1. The van der Waals surface area contributed by atoms with Crippen molar-refractivity contribution < 1.29 is 24.1 Å². The number of phenolic OH excluding ortho intramolecular Hbond substituents is 1. The molecule has 0 radical (unpaired) electrons. The van der Waals surface area contributed by atoms with E-state index < -0.39 is 0 Å². The zero-order valence-electron chi connectivity index (χ0n) is 13.3. The number of methoxy groups -OCH3 is 2. The molecule has 5 nitrogen and oxygen atoms in total. The van der Waals surface area contributed by atoms with Crippen LogP contribution in [-0.4, -0.2) is 29.7 Å². The topological polar surface area (TPSA) is 65.0 Å². The molecular weight excluding hydrogens is 411 g/mol. The largest absolute Gasteiger partial charge is 0.504 e. The van der Waals surface area contributed by atoms with Crippen molar-refractivity contribution in [2.45, 2.75) is 19.8 Å². The fourth-order valence-electron chi connectivity index (χ4n) is 2.36. The predicted octanol–water partition coefficient (Wildman–Crippen LogP) is 3.99. The van der Waals surface area contributed by atoms with E-state index in [0.717, 1.165) is 16.4 Å². The molecule has 2 rings (SSSR count). The third kappa shape index (κ3) is 3.63. The van der Waals surface area contributed by atoms with Gasteiger partial charge < -0.3 is 19.3 Å². The Balaban J connectivity index is 2.65. The average molecular weight is 430 g/mol. The van der Waals surface area contributed by atoms with Gasteiger partial charge >= 0.3 is 5.97 Å². The zero-order chi connectivity index (χ0) is 17.0. The van der Waals surface area contributed by atoms with Crippen molar-refractivity contribution in [1.82, 2.24) is 0 Å². The molecule has 2 aromatic rings.